The molecule has 0 fully saturated rings. The maximum Gasteiger partial charge on any atom is 0.408 e. The van der Waals surface area contributed by atoms with Gasteiger partial charge >= 0.3 is 6.09 Å². The topological polar surface area (TPSA) is 73.9 Å². The quantitative estimate of drug-likeness (QED) is 0.136. The highest BCUT2D eigenvalue weighted by Gasteiger charge is 2.50. The van der Waals surface area contributed by atoms with Crippen LogP contribution < -0.4 is 10.1 Å². The zero-order valence-corrected chi connectivity index (χ0v) is 30.3. The van der Waals surface area contributed by atoms with Crippen LogP contribution in [0.3, 0.4) is 0 Å². The van der Waals surface area contributed by atoms with Gasteiger partial charge in [0.2, 0.25) is 9.04 Å². The van der Waals surface area contributed by atoms with Crippen molar-refractivity contribution in [2.45, 2.75) is 95.0 Å². The Bertz CT molecular complexity index is 1410. The number of aldehydes is 1. The summed E-state index contributed by atoms with van der Waals surface area (Å²) < 4.78 is 17.7. The van der Waals surface area contributed by atoms with Gasteiger partial charge in [-0.05, 0) is 93.6 Å². The van der Waals surface area contributed by atoms with E-state index in [4.69, 9.17) is 25.5 Å². The molecule has 0 aromatic heterocycles. The van der Waals surface area contributed by atoms with Crippen molar-refractivity contribution in [3.63, 3.8) is 0 Å². The summed E-state index contributed by atoms with van der Waals surface area (Å²) in [5, 5.41) is 3.62. The monoisotopic (exact) mass is 668 g/mol. The molecular weight excluding hydrogens is 622 g/mol. The van der Waals surface area contributed by atoms with E-state index < -0.39 is 31.7 Å². The molecule has 0 spiro atoms. The van der Waals surface area contributed by atoms with Crippen LogP contribution in [0, 0.1) is 11.3 Å². The molecule has 0 aliphatic heterocycles. The van der Waals surface area contributed by atoms with Crippen LogP contribution in [0.15, 0.2) is 82.6 Å². The van der Waals surface area contributed by atoms with Crippen LogP contribution in [-0.4, -0.2) is 39.2 Å². The number of amides is 1. The van der Waals surface area contributed by atoms with Crippen molar-refractivity contribution >= 4 is 44.8 Å². The van der Waals surface area contributed by atoms with Crippen molar-refractivity contribution in [3.05, 3.63) is 88.9 Å². The molecular formula is C36H47ClNO5SSi. The summed E-state index contributed by atoms with van der Waals surface area (Å²) in [4.78, 5) is 28.0. The number of carbonyl (C=O) groups excluding carboxylic acids is 2. The number of nitrogens with one attached hydrogen (secondary N) is 1. The van der Waals surface area contributed by atoms with E-state index in [-0.39, 0.29) is 5.92 Å². The second-order valence-electron chi connectivity index (χ2n) is 13.4. The lowest BCUT2D eigenvalue weighted by atomic mass is 9.65. The minimum absolute atomic E-state index is 0.314. The number of halogens is 1. The van der Waals surface area contributed by atoms with Gasteiger partial charge in [0.05, 0.1) is 0 Å². The van der Waals surface area contributed by atoms with Crippen molar-refractivity contribution in [1.82, 2.24) is 5.32 Å². The van der Waals surface area contributed by atoms with Gasteiger partial charge in [-0.25, -0.2) is 4.79 Å². The zero-order valence-electron chi connectivity index (χ0n) is 27.7. The minimum atomic E-state index is -1.22. The standard InChI is InChI=1S/C36H47ClNO5SSi/c1-34(2,3)36(25-39,38-33(40)43-35(4,5)6)28(24-42-45(7)8)19-17-27-18-20-31(22-32(27)37)44-30-16-12-15-29(21-30)41-23-26-13-10-9-11-14-26/h9-16,18,20-22,25,28H,17,19,23-24H2,1-8H3,(H,38,40). The first kappa shape index (κ1) is 36.7. The average molecular weight is 669 g/mol. The lowest BCUT2D eigenvalue weighted by Gasteiger charge is -2.46. The van der Waals surface area contributed by atoms with E-state index in [1.54, 1.807) is 32.5 Å². The molecule has 0 saturated carbocycles. The molecule has 0 heterocycles. The molecule has 0 aliphatic carbocycles. The second kappa shape index (κ2) is 16.2. The van der Waals surface area contributed by atoms with Crippen molar-refractivity contribution in [3.8, 4) is 5.75 Å². The number of hydrogen-bond acceptors (Lipinski definition) is 6. The van der Waals surface area contributed by atoms with Gasteiger partial charge in [-0.1, -0.05) is 86.6 Å². The number of rotatable bonds is 14. The molecule has 1 amide bonds. The van der Waals surface area contributed by atoms with Crippen LogP contribution in [0.5, 0.6) is 5.75 Å². The van der Waals surface area contributed by atoms with E-state index in [0.29, 0.717) is 31.1 Å². The third-order valence-electron chi connectivity index (χ3n) is 7.43. The molecule has 0 bridgehead atoms. The number of benzene rings is 3. The predicted molar refractivity (Wildman–Crippen MR) is 186 cm³/mol. The summed E-state index contributed by atoms with van der Waals surface area (Å²) in [6.45, 7) is 16.2. The Labute approximate surface area is 280 Å². The van der Waals surface area contributed by atoms with Crippen LogP contribution >= 0.6 is 23.4 Å². The Kier molecular flexibility index (Phi) is 13.2. The second-order valence-corrected chi connectivity index (χ2v) is 17.1. The van der Waals surface area contributed by atoms with Crippen LogP contribution in [0.4, 0.5) is 4.79 Å². The Morgan fingerprint density at radius 3 is 2.24 bits per heavy atom. The Morgan fingerprint density at radius 2 is 1.64 bits per heavy atom. The zero-order chi connectivity index (χ0) is 33.3. The number of ether oxygens (including phenoxy) is 2. The summed E-state index contributed by atoms with van der Waals surface area (Å²) in [5.74, 6) is 0.493. The van der Waals surface area contributed by atoms with E-state index in [0.717, 1.165) is 33.0 Å². The van der Waals surface area contributed by atoms with Gasteiger partial charge in [0, 0.05) is 27.3 Å². The number of aryl methyl sites for hydroxylation is 1. The van der Waals surface area contributed by atoms with Gasteiger partial charge in [0.1, 0.15) is 29.8 Å². The summed E-state index contributed by atoms with van der Waals surface area (Å²) in [6.07, 6.45) is 1.43. The molecule has 0 saturated heterocycles. The highest BCUT2D eigenvalue weighted by atomic mass is 35.5. The summed E-state index contributed by atoms with van der Waals surface area (Å²) in [6, 6.07) is 24.2. The number of hydrogen-bond donors (Lipinski definition) is 1. The van der Waals surface area contributed by atoms with Crippen molar-refractivity contribution in [2.75, 3.05) is 6.61 Å². The number of carbonyl (C=O) groups is 2. The molecule has 2 unspecified atom stereocenters. The fraction of sp³-hybridized carbons (Fsp3) is 0.444. The van der Waals surface area contributed by atoms with E-state index in [2.05, 4.69) is 24.5 Å². The highest BCUT2D eigenvalue weighted by Crippen LogP contribution is 2.39. The van der Waals surface area contributed by atoms with E-state index >= 15 is 0 Å². The maximum atomic E-state index is 13.0. The molecule has 45 heavy (non-hydrogen) atoms. The number of alkyl carbamates (subject to hydrolysis) is 1. The van der Waals surface area contributed by atoms with Gasteiger partial charge in [0.15, 0.2) is 0 Å². The maximum absolute atomic E-state index is 13.0. The van der Waals surface area contributed by atoms with E-state index in [1.807, 2.05) is 87.5 Å². The van der Waals surface area contributed by atoms with Crippen LogP contribution in [-0.2, 0) is 27.0 Å². The lowest BCUT2D eigenvalue weighted by Crippen LogP contribution is -2.64. The Hall–Kier alpha value is -2.78. The van der Waals surface area contributed by atoms with Crippen LogP contribution in [0.25, 0.3) is 0 Å². The van der Waals surface area contributed by atoms with E-state index in [1.165, 1.54) is 0 Å². The summed E-state index contributed by atoms with van der Waals surface area (Å²) in [5.41, 5.74) is -0.447. The first-order valence-corrected chi connectivity index (χ1v) is 18.9. The molecule has 2 atom stereocenters. The first-order chi connectivity index (χ1) is 21.1. The van der Waals surface area contributed by atoms with Crippen molar-refractivity contribution < 1.29 is 23.5 Å². The van der Waals surface area contributed by atoms with Gasteiger partial charge in [-0.15, -0.1) is 0 Å². The van der Waals surface area contributed by atoms with Gasteiger partial charge < -0.3 is 24.0 Å². The van der Waals surface area contributed by atoms with Gasteiger partial charge in [-0.2, -0.15) is 0 Å². The molecule has 243 valence electrons. The van der Waals surface area contributed by atoms with Crippen molar-refractivity contribution in [2.24, 2.45) is 11.3 Å². The average Bonchev–Trinajstić information content (AvgIpc) is 2.95. The summed E-state index contributed by atoms with van der Waals surface area (Å²) in [7, 11) is -1.04. The molecule has 1 radical (unpaired) electrons. The smallest absolute Gasteiger partial charge is 0.408 e. The molecule has 9 heteroatoms. The predicted octanol–water partition coefficient (Wildman–Crippen LogP) is 9.40. The first-order valence-electron chi connectivity index (χ1n) is 15.3. The normalized spacial score (nSPS) is 14.0. The third-order valence-corrected chi connectivity index (χ3v) is 9.50. The Morgan fingerprint density at radius 1 is 0.956 bits per heavy atom. The molecule has 1 N–H and O–H groups in total. The van der Waals surface area contributed by atoms with Crippen molar-refractivity contribution in [1.29, 1.82) is 0 Å². The fourth-order valence-corrected chi connectivity index (χ4v) is 6.80. The highest BCUT2D eigenvalue weighted by molar-refractivity contribution is 7.99. The van der Waals surface area contributed by atoms with Gasteiger partial charge in [0.25, 0.3) is 0 Å². The van der Waals surface area contributed by atoms with Crippen LogP contribution in [0.1, 0.15) is 59.1 Å². The van der Waals surface area contributed by atoms with Gasteiger partial charge in [-0.3, -0.25) is 0 Å². The SMILES string of the molecule is C[Si](C)OCC(CCc1ccc(Sc2cccc(OCc3ccccc3)c2)cc1Cl)C(C=O)(NC(=O)OC(C)(C)C)C(C)(C)C. The molecule has 6 nitrogen and oxygen atoms in total. The third kappa shape index (κ3) is 11.2. The minimum Gasteiger partial charge on any atom is -0.489 e. The summed E-state index contributed by atoms with van der Waals surface area (Å²) >= 11 is 8.44. The largest absolute Gasteiger partial charge is 0.489 e. The molecule has 3 aromatic carbocycles. The molecule has 3 rings (SSSR count). The fourth-order valence-electron chi connectivity index (χ4n) is 5.02. The molecule has 3 aromatic rings. The van der Waals surface area contributed by atoms with E-state index in [9.17, 15) is 9.59 Å². The molecule has 0 aliphatic rings. The Balaban J connectivity index is 1.76. The lowest BCUT2D eigenvalue weighted by molar-refractivity contribution is -0.122. The van der Waals surface area contributed by atoms with Crippen LogP contribution in [0.2, 0.25) is 18.1 Å².